The van der Waals surface area contributed by atoms with Crippen molar-refractivity contribution in [3.05, 3.63) is 0 Å². The molecule has 0 N–H and O–H groups in total. The third-order valence-electron chi connectivity index (χ3n) is 0.427. The molecule has 0 bridgehead atoms. The van der Waals surface area contributed by atoms with E-state index >= 15 is 0 Å². The van der Waals surface area contributed by atoms with Gasteiger partial charge < -0.3 is 4.74 Å². The number of terminal acetylenes is 1. The molecule has 7 heavy (non-hydrogen) atoms. The van der Waals surface area contributed by atoms with Crippen molar-refractivity contribution in [2.24, 2.45) is 0 Å². The fourth-order valence-electron chi connectivity index (χ4n) is 0.128. The smallest absolute Gasteiger partial charge is 0.193 e. The highest BCUT2D eigenvalue weighted by molar-refractivity contribution is 4.84. The van der Waals surface area contributed by atoms with Crippen molar-refractivity contribution in [2.75, 3.05) is 0 Å². The van der Waals surface area contributed by atoms with E-state index in [1.807, 2.05) is 6.11 Å². The zero-order valence-corrected chi connectivity index (χ0v) is 4.01. The van der Waals surface area contributed by atoms with Crippen LogP contribution in [0.2, 0.25) is 0 Å². The summed E-state index contributed by atoms with van der Waals surface area (Å²) in [6.07, 6.45) is 6.10. The topological polar surface area (TPSA) is 33.0 Å². The number of hydrogen-bond donors (Lipinski definition) is 0. The Morgan fingerprint density at radius 3 is 2.57 bits per heavy atom. The first kappa shape index (κ1) is 5.85. The minimum absolute atomic E-state index is 0.481. The largest absolute Gasteiger partial charge is 0.428 e. The lowest BCUT2D eigenvalue weighted by Gasteiger charge is -1.92. The molecule has 0 aromatic carbocycles. The average Bonchev–Trinajstić information content (AvgIpc) is 1.68. The van der Waals surface area contributed by atoms with Gasteiger partial charge in [0.2, 0.25) is 0 Å². The summed E-state index contributed by atoms with van der Waals surface area (Å²) in [7, 11) is 0. The lowest BCUT2D eigenvalue weighted by atomic mass is 10.5. The Labute approximate surface area is 42.7 Å². The van der Waals surface area contributed by atoms with Gasteiger partial charge >= 0.3 is 0 Å². The van der Waals surface area contributed by atoms with Crippen LogP contribution in [0.15, 0.2) is 0 Å². The minimum Gasteiger partial charge on any atom is -0.428 e. The highest BCUT2D eigenvalue weighted by Crippen LogP contribution is 1.81. The van der Waals surface area contributed by atoms with Crippen LogP contribution in [0.4, 0.5) is 0 Å². The van der Waals surface area contributed by atoms with Crippen molar-refractivity contribution in [1.29, 1.82) is 5.26 Å². The fourth-order valence-corrected chi connectivity index (χ4v) is 0.128. The van der Waals surface area contributed by atoms with Crippen LogP contribution in [0.5, 0.6) is 0 Å². The van der Waals surface area contributed by atoms with E-state index in [1.54, 1.807) is 13.0 Å². The van der Waals surface area contributed by atoms with Gasteiger partial charge in [-0.15, -0.1) is 0 Å². The third-order valence-corrected chi connectivity index (χ3v) is 0.427. The molecule has 2 heteroatoms. The van der Waals surface area contributed by atoms with Crippen LogP contribution in [-0.2, 0) is 4.74 Å². The highest BCUT2D eigenvalue weighted by atomic mass is 16.5. The zero-order chi connectivity index (χ0) is 5.70. The number of hydrogen-bond acceptors (Lipinski definition) is 2. The molecule has 0 amide bonds. The standard InChI is InChI=1S/C5H5NO/c1-3-7-5(2)4-6/h1,5H,2H3. The summed E-state index contributed by atoms with van der Waals surface area (Å²) in [6.45, 7) is 1.58. The SMILES string of the molecule is C#COC(C)C#N. The van der Waals surface area contributed by atoms with Crippen LogP contribution in [0.1, 0.15) is 6.92 Å². The van der Waals surface area contributed by atoms with Crippen molar-refractivity contribution in [3.63, 3.8) is 0 Å². The summed E-state index contributed by atoms with van der Waals surface area (Å²) >= 11 is 0. The van der Waals surface area contributed by atoms with Crippen molar-refractivity contribution < 1.29 is 4.74 Å². The number of nitriles is 1. The molecule has 0 aliphatic heterocycles. The summed E-state index contributed by atoms with van der Waals surface area (Å²) in [6, 6.07) is 1.80. The molecule has 0 aliphatic rings. The summed E-state index contributed by atoms with van der Waals surface area (Å²) in [5, 5.41) is 8.00. The predicted molar refractivity (Wildman–Crippen MR) is 25.0 cm³/mol. The maximum Gasteiger partial charge on any atom is 0.193 e. The van der Waals surface area contributed by atoms with Gasteiger partial charge in [-0.3, -0.25) is 0 Å². The summed E-state index contributed by atoms with van der Waals surface area (Å²) in [5.41, 5.74) is 0. The van der Waals surface area contributed by atoms with Gasteiger partial charge in [0, 0.05) is 0 Å². The maximum atomic E-state index is 8.00. The first-order valence-electron chi connectivity index (χ1n) is 1.82. The van der Waals surface area contributed by atoms with Gasteiger partial charge in [-0.05, 0) is 6.92 Å². The second kappa shape index (κ2) is 3.06. The molecule has 0 heterocycles. The van der Waals surface area contributed by atoms with Crippen LogP contribution in [0.3, 0.4) is 0 Å². The molecule has 1 unspecified atom stereocenters. The molecule has 2 nitrogen and oxygen atoms in total. The van der Waals surface area contributed by atoms with Gasteiger partial charge in [0.05, 0.1) is 0 Å². The van der Waals surface area contributed by atoms with Crippen molar-refractivity contribution in [3.8, 4) is 18.6 Å². The fraction of sp³-hybridized carbons (Fsp3) is 0.400. The average molecular weight is 95.1 g/mol. The van der Waals surface area contributed by atoms with Crippen LogP contribution >= 0.6 is 0 Å². The predicted octanol–water partition coefficient (Wildman–Crippen LogP) is 0.506. The van der Waals surface area contributed by atoms with Crippen LogP contribution in [0.25, 0.3) is 0 Å². The van der Waals surface area contributed by atoms with Crippen LogP contribution in [0, 0.1) is 23.9 Å². The maximum absolute atomic E-state index is 8.00. The molecule has 0 fully saturated rings. The van der Waals surface area contributed by atoms with E-state index in [1.165, 1.54) is 0 Å². The van der Waals surface area contributed by atoms with E-state index in [0.29, 0.717) is 0 Å². The normalized spacial score (nSPS) is 10.7. The molecule has 0 radical (unpaired) electrons. The summed E-state index contributed by atoms with van der Waals surface area (Å²) < 4.78 is 4.36. The van der Waals surface area contributed by atoms with E-state index < -0.39 is 6.10 Å². The summed E-state index contributed by atoms with van der Waals surface area (Å²) in [5.74, 6) is 0. The van der Waals surface area contributed by atoms with E-state index in [0.717, 1.165) is 0 Å². The molecule has 36 valence electrons. The Balaban J connectivity index is 3.27. The Morgan fingerprint density at radius 2 is 2.43 bits per heavy atom. The van der Waals surface area contributed by atoms with Crippen molar-refractivity contribution >= 4 is 0 Å². The van der Waals surface area contributed by atoms with Crippen molar-refractivity contribution in [2.45, 2.75) is 13.0 Å². The first-order chi connectivity index (χ1) is 3.31. The van der Waals surface area contributed by atoms with E-state index in [9.17, 15) is 0 Å². The molecule has 0 aromatic heterocycles. The molecule has 0 saturated heterocycles. The third kappa shape index (κ3) is 2.66. The quantitative estimate of drug-likeness (QED) is 0.444. The Morgan fingerprint density at radius 1 is 1.86 bits per heavy atom. The van der Waals surface area contributed by atoms with Gasteiger partial charge in [0.15, 0.2) is 6.10 Å². The second-order valence-corrected chi connectivity index (χ2v) is 1.01. The molecule has 0 rings (SSSR count). The summed E-state index contributed by atoms with van der Waals surface area (Å²) in [4.78, 5) is 0. The van der Waals surface area contributed by atoms with E-state index in [2.05, 4.69) is 11.2 Å². The van der Waals surface area contributed by atoms with Crippen molar-refractivity contribution in [1.82, 2.24) is 0 Å². The minimum atomic E-state index is -0.481. The molecule has 0 spiro atoms. The molecule has 0 aromatic rings. The van der Waals surface area contributed by atoms with Gasteiger partial charge in [-0.1, -0.05) is 6.42 Å². The van der Waals surface area contributed by atoms with Crippen LogP contribution < -0.4 is 0 Å². The number of rotatable bonds is 1. The molecule has 0 aliphatic carbocycles. The first-order valence-corrected chi connectivity index (χ1v) is 1.82. The monoisotopic (exact) mass is 95.0 g/mol. The molecule has 1 atom stereocenters. The van der Waals surface area contributed by atoms with Gasteiger partial charge in [-0.25, -0.2) is 0 Å². The highest BCUT2D eigenvalue weighted by Gasteiger charge is 1.91. The number of ether oxygens (including phenoxy) is 1. The second-order valence-electron chi connectivity index (χ2n) is 1.01. The number of nitrogens with zero attached hydrogens (tertiary/aromatic N) is 1. The van der Waals surface area contributed by atoms with Gasteiger partial charge in [-0.2, -0.15) is 5.26 Å². The molecular formula is C5H5NO. The Bertz CT molecular complexity index is 117. The van der Waals surface area contributed by atoms with Crippen LogP contribution in [-0.4, -0.2) is 6.10 Å². The molecular weight excluding hydrogens is 90.1 g/mol. The van der Waals surface area contributed by atoms with Gasteiger partial charge in [0.25, 0.3) is 0 Å². The van der Waals surface area contributed by atoms with E-state index in [4.69, 9.17) is 5.26 Å². The Kier molecular flexibility index (Phi) is 2.55. The van der Waals surface area contributed by atoms with Gasteiger partial charge in [0.1, 0.15) is 12.2 Å². The zero-order valence-electron chi connectivity index (χ0n) is 4.01. The lowest BCUT2D eigenvalue weighted by Crippen LogP contribution is -1.97. The lowest BCUT2D eigenvalue weighted by molar-refractivity contribution is 0.237. The Hall–Kier alpha value is -1.15. The van der Waals surface area contributed by atoms with E-state index in [-0.39, 0.29) is 0 Å². The molecule has 0 saturated carbocycles.